The van der Waals surface area contributed by atoms with Gasteiger partial charge < -0.3 is 19.7 Å². The topological polar surface area (TPSA) is 88.2 Å². The molecule has 178 valence electrons. The summed E-state index contributed by atoms with van der Waals surface area (Å²) in [6.07, 6.45) is 3.77. The average Bonchev–Trinajstić information content (AvgIpc) is 3.43. The first-order chi connectivity index (χ1) is 16.4. The molecule has 3 amide bonds. The lowest BCUT2D eigenvalue weighted by Gasteiger charge is -2.22. The summed E-state index contributed by atoms with van der Waals surface area (Å²) in [5, 5.41) is 1.92. The summed E-state index contributed by atoms with van der Waals surface area (Å²) < 4.78 is 24.4. The third kappa shape index (κ3) is 5.01. The van der Waals surface area contributed by atoms with E-state index in [0.29, 0.717) is 17.1 Å². The van der Waals surface area contributed by atoms with E-state index in [-0.39, 0.29) is 10.6 Å². The fraction of sp³-hybridized carbons (Fsp3) is 0.292. The minimum atomic E-state index is -0.608. The van der Waals surface area contributed by atoms with Crippen LogP contribution in [0, 0.1) is 5.82 Å². The number of carbonyl (C=O) groups is 3. The third-order valence-electron chi connectivity index (χ3n) is 5.55. The number of benzene rings is 2. The number of methoxy groups -OCH3 is 2. The molecule has 10 heteroatoms. The molecule has 2 aromatic rings. The molecule has 8 nitrogen and oxygen atoms in total. The zero-order chi connectivity index (χ0) is 24.2. The van der Waals surface area contributed by atoms with Crippen LogP contribution in [-0.4, -0.2) is 55.8 Å². The number of hydrogen-bond acceptors (Lipinski definition) is 7. The van der Waals surface area contributed by atoms with Gasteiger partial charge in [0.05, 0.1) is 24.8 Å². The molecule has 34 heavy (non-hydrogen) atoms. The van der Waals surface area contributed by atoms with Gasteiger partial charge in [-0.25, -0.2) is 4.39 Å². The van der Waals surface area contributed by atoms with Crippen LogP contribution in [0.4, 0.5) is 20.6 Å². The summed E-state index contributed by atoms with van der Waals surface area (Å²) in [5.74, 6) is -0.523. The molecule has 0 spiro atoms. The van der Waals surface area contributed by atoms with E-state index in [4.69, 9.17) is 9.47 Å². The van der Waals surface area contributed by atoms with E-state index in [2.05, 4.69) is 10.2 Å². The van der Waals surface area contributed by atoms with Gasteiger partial charge >= 0.3 is 0 Å². The summed E-state index contributed by atoms with van der Waals surface area (Å²) >= 11 is 0.741. The summed E-state index contributed by atoms with van der Waals surface area (Å²) in [5.41, 5.74) is 1.73. The van der Waals surface area contributed by atoms with Gasteiger partial charge in [-0.05, 0) is 54.9 Å². The van der Waals surface area contributed by atoms with Crippen LogP contribution in [-0.2, 0) is 9.59 Å². The Morgan fingerprint density at radius 2 is 1.85 bits per heavy atom. The summed E-state index contributed by atoms with van der Waals surface area (Å²) in [6, 6.07) is 9.00. The lowest BCUT2D eigenvalue weighted by atomic mass is 10.1. The number of rotatable bonds is 7. The van der Waals surface area contributed by atoms with Gasteiger partial charge in [0, 0.05) is 30.4 Å². The van der Waals surface area contributed by atoms with Crippen LogP contribution < -0.4 is 19.7 Å². The molecule has 2 aliphatic heterocycles. The lowest BCUT2D eigenvalue weighted by Crippen LogP contribution is -2.36. The largest absolute Gasteiger partial charge is 0.496 e. The Hall–Kier alpha value is -3.53. The third-order valence-corrected chi connectivity index (χ3v) is 6.46. The first kappa shape index (κ1) is 23.6. The van der Waals surface area contributed by atoms with Gasteiger partial charge in [-0.1, -0.05) is 6.07 Å². The number of anilines is 2. The van der Waals surface area contributed by atoms with Crippen molar-refractivity contribution in [3.05, 3.63) is 52.7 Å². The molecule has 0 radical (unpaired) electrons. The minimum Gasteiger partial charge on any atom is -0.496 e. The summed E-state index contributed by atoms with van der Waals surface area (Å²) in [6.45, 7) is 1.37. The number of ether oxygens (including phenoxy) is 2. The van der Waals surface area contributed by atoms with E-state index < -0.39 is 29.4 Å². The van der Waals surface area contributed by atoms with Crippen LogP contribution in [0.2, 0.25) is 0 Å². The van der Waals surface area contributed by atoms with Gasteiger partial charge in [0.2, 0.25) is 5.91 Å². The number of nitrogens with zero attached hydrogens (tertiary/aromatic N) is 2. The highest BCUT2D eigenvalue weighted by atomic mass is 32.2. The standard InChI is InChI=1S/C24H24FN3O5S/c1-32-19-13-18(27-8-3-4-9-27)20(33-2)10-15(19)11-21-23(30)28(24(31)34-21)14-22(29)26-17-7-5-6-16(25)12-17/h5-7,10-13H,3-4,8-9,14H2,1-2H3,(H,26,29)/b21-11+. The maximum absolute atomic E-state index is 13.3. The second-order valence-electron chi connectivity index (χ2n) is 7.79. The molecule has 0 bridgehead atoms. The second kappa shape index (κ2) is 10.2. The molecule has 1 N–H and O–H groups in total. The first-order valence-corrected chi connectivity index (χ1v) is 11.5. The first-order valence-electron chi connectivity index (χ1n) is 10.7. The van der Waals surface area contributed by atoms with Crippen molar-refractivity contribution in [1.29, 1.82) is 0 Å². The van der Waals surface area contributed by atoms with Gasteiger partial charge in [0.1, 0.15) is 23.9 Å². The quantitative estimate of drug-likeness (QED) is 0.591. The molecule has 0 atom stereocenters. The maximum Gasteiger partial charge on any atom is 0.294 e. The Morgan fingerprint density at radius 3 is 2.53 bits per heavy atom. The predicted octanol–water partition coefficient (Wildman–Crippen LogP) is 4.12. The molecule has 2 saturated heterocycles. The normalized spacial score (nSPS) is 17.0. The molecule has 0 aliphatic carbocycles. The van der Waals surface area contributed by atoms with Crippen molar-refractivity contribution < 1.29 is 28.2 Å². The van der Waals surface area contributed by atoms with E-state index in [9.17, 15) is 18.8 Å². The average molecular weight is 486 g/mol. The van der Waals surface area contributed by atoms with Crippen molar-refractivity contribution >= 4 is 46.3 Å². The number of thioether (sulfide) groups is 1. The van der Waals surface area contributed by atoms with Gasteiger partial charge in [0.15, 0.2) is 0 Å². The van der Waals surface area contributed by atoms with Gasteiger partial charge in [-0.3, -0.25) is 19.3 Å². The van der Waals surface area contributed by atoms with E-state index in [0.717, 1.165) is 54.3 Å². The van der Waals surface area contributed by atoms with Crippen molar-refractivity contribution in [2.75, 3.05) is 44.1 Å². The summed E-state index contributed by atoms with van der Waals surface area (Å²) in [7, 11) is 3.12. The highest BCUT2D eigenvalue weighted by Crippen LogP contribution is 2.40. The van der Waals surface area contributed by atoms with Crippen molar-refractivity contribution in [2.45, 2.75) is 12.8 Å². The Balaban J connectivity index is 1.53. The van der Waals surface area contributed by atoms with E-state index in [1.165, 1.54) is 25.3 Å². The van der Waals surface area contributed by atoms with Crippen LogP contribution in [0.3, 0.4) is 0 Å². The number of amides is 3. The van der Waals surface area contributed by atoms with Crippen LogP contribution in [0.1, 0.15) is 18.4 Å². The fourth-order valence-corrected chi connectivity index (χ4v) is 4.74. The van der Waals surface area contributed by atoms with Crippen LogP contribution >= 0.6 is 11.8 Å². The second-order valence-corrected chi connectivity index (χ2v) is 8.78. The Morgan fingerprint density at radius 1 is 1.12 bits per heavy atom. The number of hydrogen-bond donors (Lipinski definition) is 1. The zero-order valence-electron chi connectivity index (χ0n) is 18.8. The van der Waals surface area contributed by atoms with Crippen molar-refractivity contribution in [3.8, 4) is 11.5 Å². The molecular formula is C24H24FN3O5S. The number of carbonyl (C=O) groups excluding carboxylic acids is 3. The molecule has 0 saturated carbocycles. The zero-order valence-corrected chi connectivity index (χ0v) is 19.6. The Bertz CT molecular complexity index is 1160. The van der Waals surface area contributed by atoms with Crippen molar-refractivity contribution in [1.82, 2.24) is 4.90 Å². The van der Waals surface area contributed by atoms with E-state index in [1.807, 2.05) is 6.07 Å². The SMILES string of the molecule is COc1cc(N2CCCC2)c(OC)cc1/C=C1/SC(=O)N(CC(=O)Nc2cccc(F)c2)C1=O. The molecule has 2 fully saturated rings. The van der Waals surface area contributed by atoms with Gasteiger partial charge in [-0.2, -0.15) is 0 Å². The fourth-order valence-electron chi connectivity index (χ4n) is 3.91. The van der Waals surface area contributed by atoms with Gasteiger partial charge in [0.25, 0.3) is 11.1 Å². The van der Waals surface area contributed by atoms with E-state index in [1.54, 1.807) is 19.3 Å². The molecule has 0 unspecified atom stereocenters. The Labute approximate surface area is 200 Å². The highest BCUT2D eigenvalue weighted by molar-refractivity contribution is 8.18. The van der Waals surface area contributed by atoms with E-state index >= 15 is 0 Å². The monoisotopic (exact) mass is 485 g/mol. The van der Waals surface area contributed by atoms with Gasteiger partial charge in [-0.15, -0.1) is 0 Å². The Kier molecular flexibility index (Phi) is 7.06. The summed E-state index contributed by atoms with van der Waals surface area (Å²) in [4.78, 5) is 40.9. The molecule has 2 aliphatic rings. The van der Waals surface area contributed by atoms with Crippen molar-refractivity contribution in [2.24, 2.45) is 0 Å². The number of halogens is 1. The minimum absolute atomic E-state index is 0.165. The number of nitrogens with one attached hydrogen (secondary N) is 1. The van der Waals surface area contributed by atoms with Crippen LogP contribution in [0.15, 0.2) is 41.3 Å². The predicted molar refractivity (Wildman–Crippen MR) is 129 cm³/mol. The van der Waals surface area contributed by atoms with Crippen molar-refractivity contribution in [3.63, 3.8) is 0 Å². The van der Waals surface area contributed by atoms with Crippen LogP contribution in [0.25, 0.3) is 6.08 Å². The molecule has 2 heterocycles. The van der Waals surface area contributed by atoms with Crippen LogP contribution in [0.5, 0.6) is 11.5 Å². The number of imide groups is 1. The molecule has 0 aromatic heterocycles. The maximum atomic E-state index is 13.3. The molecular weight excluding hydrogens is 461 g/mol. The molecule has 4 rings (SSSR count). The molecule has 2 aromatic carbocycles. The lowest BCUT2D eigenvalue weighted by molar-refractivity contribution is -0.127. The highest BCUT2D eigenvalue weighted by Gasteiger charge is 2.36. The smallest absolute Gasteiger partial charge is 0.294 e.